The Hall–Kier alpha value is -0.860. The second-order valence-electron chi connectivity index (χ2n) is 5.73. The van der Waals surface area contributed by atoms with Crippen molar-refractivity contribution in [1.29, 1.82) is 0 Å². The minimum absolute atomic E-state index is 0.286. The SMILES string of the molecule is Cc1ccc(CNCC(C)(C)CCN)cc1C. The molecule has 0 aliphatic rings. The average Bonchev–Trinajstić information content (AvgIpc) is 2.23. The largest absolute Gasteiger partial charge is 0.330 e. The van der Waals surface area contributed by atoms with Crippen LogP contribution in [0.1, 0.15) is 37.0 Å². The molecule has 0 radical (unpaired) electrons. The zero-order valence-corrected chi connectivity index (χ0v) is 11.6. The molecule has 0 amide bonds. The predicted molar refractivity (Wildman–Crippen MR) is 75.1 cm³/mol. The lowest BCUT2D eigenvalue weighted by atomic mass is 9.89. The second-order valence-corrected chi connectivity index (χ2v) is 5.73. The fourth-order valence-corrected chi connectivity index (χ4v) is 1.94. The third-order valence-electron chi connectivity index (χ3n) is 3.33. The van der Waals surface area contributed by atoms with Gasteiger partial charge < -0.3 is 11.1 Å². The van der Waals surface area contributed by atoms with Crippen molar-refractivity contribution in [2.75, 3.05) is 13.1 Å². The highest BCUT2D eigenvalue weighted by molar-refractivity contribution is 5.29. The topological polar surface area (TPSA) is 38.0 Å². The van der Waals surface area contributed by atoms with Crippen molar-refractivity contribution in [3.05, 3.63) is 34.9 Å². The van der Waals surface area contributed by atoms with Gasteiger partial charge in [-0.05, 0) is 48.9 Å². The highest BCUT2D eigenvalue weighted by Gasteiger charge is 2.15. The van der Waals surface area contributed by atoms with Gasteiger partial charge in [0.25, 0.3) is 0 Å². The number of nitrogens with one attached hydrogen (secondary N) is 1. The molecular weight excluding hydrogens is 208 g/mol. The molecule has 2 heteroatoms. The fourth-order valence-electron chi connectivity index (χ4n) is 1.94. The van der Waals surface area contributed by atoms with E-state index >= 15 is 0 Å². The molecule has 0 aliphatic carbocycles. The van der Waals surface area contributed by atoms with Crippen LogP contribution in [0.4, 0.5) is 0 Å². The van der Waals surface area contributed by atoms with Crippen molar-refractivity contribution in [2.45, 2.75) is 40.7 Å². The van der Waals surface area contributed by atoms with E-state index in [0.29, 0.717) is 0 Å². The van der Waals surface area contributed by atoms with E-state index < -0.39 is 0 Å². The minimum atomic E-state index is 0.286. The molecule has 0 fully saturated rings. The van der Waals surface area contributed by atoms with Crippen LogP contribution in [-0.4, -0.2) is 13.1 Å². The first-order chi connectivity index (χ1) is 7.94. The van der Waals surface area contributed by atoms with E-state index in [-0.39, 0.29) is 5.41 Å². The summed E-state index contributed by atoms with van der Waals surface area (Å²) in [6.45, 7) is 11.5. The zero-order valence-electron chi connectivity index (χ0n) is 11.6. The maximum absolute atomic E-state index is 5.61. The van der Waals surface area contributed by atoms with Crippen molar-refractivity contribution in [3.8, 4) is 0 Å². The molecule has 2 nitrogen and oxygen atoms in total. The van der Waals surface area contributed by atoms with Crippen molar-refractivity contribution >= 4 is 0 Å². The van der Waals surface area contributed by atoms with Crippen LogP contribution in [0.25, 0.3) is 0 Å². The van der Waals surface area contributed by atoms with Crippen LogP contribution in [0.15, 0.2) is 18.2 Å². The van der Waals surface area contributed by atoms with Gasteiger partial charge in [0.2, 0.25) is 0 Å². The van der Waals surface area contributed by atoms with Crippen LogP contribution < -0.4 is 11.1 Å². The van der Waals surface area contributed by atoms with Gasteiger partial charge in [-0.15, -0.1) is 0 Å². The standard InChI is InChI=1S/C15H26N2/c1-12-5-6-14(9-13(12)2)10-17-11-15(3,4)7-8-16/h5-6,9,17H,7-8,10-11,16H2,1-4H3. The van der Waals surface area contributed by atoms with E-state index in [1.165, 1.54) is 16.7 Å². The zero-order chi connectivity index (χ0) is 12.9. The van der Waals surface area contributed by atoms with E-state index in [0.717, 1.165) is 26.1 Å². The molecule has 0 heterocycles. The van der Waals surface area contributed by atoms with Crippen LogP contribution >= 0.6 is 0 Å². The van der Waals surface area contributed by atoms with Crippen molar-refractivity contribution in [2.24, 2.45) is 11.1 Å². The first-order valence-electron chi connectivity index (χ1n) is 6.41. The van der Waals surface area contributed by atoms with Crippen LogP contribution in [0.2, 0.25) is 0 Å². The molecule has 1 rings (SSSR count). The lowest BCUT2D eigenvalue weighted by Gasteiger charge is -2.24. The molecule has 96 valence electrons. The van der Waals surface area contributed by atoms with Gasteiger partial charge in [-0.1, -0.05) is 32.0 Å². The number of rotatable bonds is 6. The van der Waals surface area contributed by atoms with Crippen LogP contribution in [0.3, 0.4) is 0 Å². The van der Waals surface area contributed by atoms with Crippen LogP contribution in [-0.2, 0) is 6.54 Å². The Morgan fingerprint density at radius 2 is 1.88 bits per heavy atom. The summed E-state index contributed by atoms with van der Waals surface area (Å²) >= 11 is 0. The first kappa shape index (κ1) is 14.2. The predicted octanol–water partition coefficient (Wildman–Crippen LogP) is 2.77. The lowest BCUT2D eigenvalue weighted by molar-refractivity contribution is 0.319. The van der Waals surface area contributed by atoms with E-state index in [4.69, 9.17) is 5.73 Å². The van der Waals surface area contributed by atoms with Gasteiger partial charge in [0.1, 0.15) is 0 Å². The molecule has 0 bridgehead atoms. The Kier molecular flexibility index (Phi) is 5.16. The smallest absolute Gasteiger partial charge is 0.0205 e. The Morgan fingerprint density at radius 3 is 2.47 bits per heavy atom. The Bertz CT molecular complexity index is 356. The highest BCUT2D eigenvalue weighted by Crippen LogP contribution is 2.18. The van der Waals surface area contributed by atoms with Gasteiger partial charge in [-0.3, -0.25) is 0 Å². The maximum Gasteiger partial charge on any atom is 0.0205 e. The first-order valence-corrected chi connectivity index (χ1v) is 6.41. The fraction of sp³-hybridized carbons (Fsp3) is 0.600. The molecule has 0 unspecified atom stereocenters. The maximum atomic E-state index is 5.61. The molecule has 0 aromatic heterocycles. The molecule has 0 spiro atoms. The second kappa shape index (κ2) is 6.18. The summed E-state index contributed by atoms with van der Waals surface area (Å²) in [6, 6.07) is 6.65. The van der Waals surface area contributed by atoms with Gasteiger partial charge in [0, 0.05) is 13.1 Å². The molecule has 0 saturated carbocycles. The van der Waals surface area contributed by atoms with Crippen molar-refractivity contribution in [1.82, 2.24) is 5.32 Å². The Labute approximate surface area is 106 Å². The van der Waals surface area contributed by atoms with Crippen LogP contribution in [0, 0.1) is 19.3 Å². The molecule has 0 atom stereocenters. The third kappa shape index (κ3) is 4.88. The highest BCUT2D eigenvalue weighted by atomic mass is 14.9. The summed E-state index contributed by atoms with van der Waals surface area (Å²) in [5, 5.41) is 3.52. The lowest BCUT2D eigenvalue weighted by Crippen LogP contribution is -2.31. The number of aryl methyl sites for hydroxylation is 2. The van der Waals surface area contributed by atoms with Gasteiger partial charge in [0.05, 0.1) is 0 Å². The summed E-state index contributed by atoms with van der Waals surface area (Å²) in [7, 11) is 0. The van der Waals surface area contributed by atoms with Gasteiger partial charge >= 0.3 is 0 Å². The summed E-state index contributed by atoms with van der Waals surface area (Å²) in [4.78, 5) is 0. The van der Waals surface area contributed by atoms with E-state index in [2.05, 4.69) is 51.2 Å². The number of hydrogen-bond acceptors (Lipinski definition) is 2. The van der Waals surface area contributed by atoms with Crippen molar-refractivity contribution in [3.63, 3.8) is 0 Å². The normalized spacial score (nSPS) is 11.8. The number of benzene rings is 1. The molecule has 0 saturated heterocycles. The third-order valence-corrected chi connectivity index (χ3v) is 3.33. The molecule has 0 aliphatic heterocycles. The van der Waals surface area contributed by atoms with Gasteiger partial charge in [-0.25, -0.2) is 0 Å². The summed E-state index contributed by atoms with van der Waals surface area (Å²) < 4.78 is 0. The van der Waals surface area contributed by atoms with E-state index in [1.807, 2.05) is 0 Å². The van der Waals surface area contributed by atoms with Gasteiger partial charge in [0.15, 0.2) is 0 Å². The average molecular weight is 234 g/mol. The molecule has 1 aromatic rings. The molecule has 3 N–H and O–H groups in total. The summed E-state index contributed by atoms with van der Waals surface area (Å²) in [5.41, 5.74) is 9.98. The molecule has 17 heavy (non-hydrogen) atoms. The van der Waals surface area contributed by atoms with E-state index in [1.54, 1.807) is 0 Å². The quantitative estimate of drug-likeness (QED) is 0.794. The number of nitrogens with two attached hydrogens (primary N) is 1. The van der Waals surface area contributed by atoms with E-state index in [9.17, 15) is 0 Å². The summed E-state index contributed by atoms with van der Waals surface area (Å²) in [6.07, 6.45) is 1.06. The molecular formula is C15H26N2. The Morgan fingerprint density at radius 1 is 1.18 bits per heavy atom. The van der Waals surface area contributed by atoms with Crippen molar-refractivity contribution < 1.29 is 0 Å². The Balaban J connectivity index is 2.43. The monoisotopic (exact) mass is 234 g/mol. The minimum Gasteiger partial charge on any atom is -0.330 e. The van der Waals surface area contributed by atoms with Gasteiger partial charge in [-0.2, -0.15) is 0 Å². The van der Waals surface area contributed by atoms with Crippen LogP contribution in [0.5, 0.6) is 0 Å². The summed E-state index contributed by atoms with van der Waals surface area (Å²) in [5.74, 6) is 0. The molecule has 1 aromatic carbocycles. The number of hydrogen-bond donors (Lipinski definition) is 2.